The Morgan fingerprint density at radius 3 is 3.00 bits per heavy atom. The van der Waals surface area contributed by atoms with E-state index < -0.39 is 0 Å². The SMILES string of the molecule is CCc1cnccc1-c1noc(CCC(C)NC)n1. The summed E-state index contributed by atoms with van der Waals surface area (Å²) in [5.41, 5.74) is 2.15. The molecule has 0 bridgehead atoms. The van der Waals surface area contributed by atoms with Crippen LogP contribution in [0.5, 0.6) is 0 Å². The quantitative estimate of drug-likeness (QED) is 0.863. The average molecular weight is 260 g/mol. The number of hydrogen-bond donors (Lipinski definition) is 1. The van der Waals surface area contributed by atoms with Crippen LogP contribution >= 0.6 is 0 Å². The highest BCUT2D eigenvalue weighted by Crippen LogP contribution is 2.20. The standard InChI is InChI=1S/C14H20N4O/c1-4-11-9-16-8-7-12(11)14-17-13(19-18-14)6-5-10(2)15-3/h7-10,15H,4-6H2,1-3H3. The van der Waals surface area contributed by atoms with Gasteiger partial charge in [-0.2, -0.15) is 4.98 Å². The Morgan fingerprint density at radius 1 is 1.42 bits per heavy atom. The zero-order chi connectivity index (χ0) is 13.7. The third-order valence-electron chi connectivity index (χ3n) is 3.28. The van der Waals surface area contributed by atoms with Crippen LogP contribution in [-0.4, -0.2) is 28.2 Å². The van der Waals surface area contributed by atoms with Gasteiger partial charge in [-0.1, -0.05) is 12.1 Å². The first-order valence-electron chi connectivity index (χ1n) is 6.67. The highest BCUT2D eigenvalue weighted by molar-refractivity contribution is 5.58. The number of pyridine rings is 1. The normalized spacial score (nSPS) is 12.6. The van der Waals surface area contributed by atoms with Crippen LogP contribution in [0.2, 0.25) is 0 Å². The molecule has 2 aromatic heterocycles. The van der Waals surface area contributed by atoms with Gasteiger partial charge in [0.25, 0.3) is 0 Å². The van der Waals surface area contributed by atoms with Gasteiger partial charge in [-0.15, -0.1) is 0 Å². The third-order valence-corrected chi connectivity index (χ3v) is 3.28. The van der Waals surface area contributed by atoms with Gasteiger partial charge in [0, 0.05) is 30.4 Å². The van der Waals surface area contributed by atoms with Crippen molar-refractivity contribution in [3.8, 4) is 11.4 Å². The van der Waals surface area contributed by atoms with Gasteiger partial charge in [-0.3, -0.25) is 4.98 Å². The van der Waals surface area contributed by atoms with E-state index in [1.54, 1.807) is 6.20 Å². The zero-order valence-corrected chi connectivity index (χ0v) is 11.7. The van der Waals surface area contributed by atoms with Crippen molar-refractivity contribution in [1.29, 1.82) is 0 Å². The summed E-state index contributed by atoms with van der Waals surface area (Å²) in [7, 11) is 1.95. The highest BCUT2D eigenvalue weighted by Gasteiger charge is 2.12. The first-order valence-corrected chi connectivity index (χ1v) is 6.67. The van der Waals surface area contributed by atoms with Gasteiger partial charge in [0.2, 0.25) is 11.7 Å². The van der Waals surface area contributed by atoms with Crippen LogP contribution in [0.3, 0.4) is 0 Å². The molecule has 102 valence electrons. The number of aromatic nitrogens is 3. The molecule has 0 aliphatic rings. The first-order chi connectivity index (χ1) is 9.24. The van der Waals surface area contributed by atoms with Gasteiger partial charge in [0.15, 0.2) is 0 Å². The summed E-state index contributed by atoms with van der Waals surface area (Å²) in [6.45, 7) is 4.23. The molecule has 2 heterocycles. The molecular formula is C14H20N4O. The van der Waals surface area contributed by atoms with Gasteiger partial charge >= 0.3 is 0 Å². The number of nitrogens with one attached hydrogen (secondary N) is 1. The highest BCUT2D eigenvalue weighted by atomic mass is 16.5. The van der Waals surface area contributed by atoms with Gasteiger partial charge in [0.1, 0.15) is 0 Å². The fourth-order valence-electron chi connectivity index (χ4n) is 1.88. The monoisotopic (exact) mass is 260 g/mol. The first kappa shape index (κ1) is 13.7. The smallest absolute Gasteiger partial charge is 0.227 e. The maximum atomic E-state index is 5.30. The lowest BCUT2D eigenvalue weighted by Crippen LogP contribution is -2.21. The van der Waals surface area contributed by atoms with Crippen LogP contribution in [0.1, 0.15) is 31.7 Å². The molecule has 5 nitrogen and oxygen atoms in total. The van der Waals surface area contributed by atoms with E-state index in [4.69, 9.17) is 4.52 Å². The maximum absolute atomic E-state index is 5.30. The van der Waals surface area contributed by atoms with Crippen molar-refractivity contribution >= 4 is 0 Å². The summed E-state index contributed by atoms with van der Waals surface area (Å²) in [6.07, 6.45) is 6.29. The van der Waals surface area contributed by atoms with Crippen molar-refractivity contribution < 1.29 is 4.52 Å². The molecule has 1 N–H and O–H groups in total. The van der Waals surface area contributed by atoms with Crippen molar-refractivity contribution in [2.75, 3.05) is 7.05 Å². The third kappa shape index (κ3) is 3.38. The second-order valence-corrected chi connectivity index (χ2v) is 4.63. The molecule has 19 heavy (non-hydrogen) atoms. The molecule has 0 saturated carbocycles. The second kappa shape index (κ2) is 6.43. The van der Waals surface area contributed by atoms with E-state index in [1.165, 1.54) is 0 Å². The summed E-state index contributed by atoms with van der Waals surface area (Å²) >= 11 is 0. The molecule has 0 fully saturated rings. The van der Waals surface area contributed by atoms with Gasteiger partial charge in [-0.05, 0) is 38.4 Å². The maximum Gasteiger partial charge on any atom is 0.227 e. The molecule has 1 atom stereocenters. The molecule has 2 aromatic rings. The van der Waals surface area contributed by atoms with E-state index in [-0.39, 0.29) is 0 Å². The van der Waals surface area contributed by atoms with Crippen LogP contribution in [0.4, 0.5) is 0 Å². The minimum atomic E-state index is 0.447. The molecular weight excluding hydrogens is 240 g/mol. The van der Waals surface area contributed by atoms with Crippen molar-refractivity contribution in [3.05, 3.63) is 29.9 Å². The lowest BCUT2D eigenvalue weighted by molar-refractivity contribution is 0.369. The summed E-state index contributed by atoms with van der Waals surface area (Å²) in [5, 5.41) is 7.26. The molecule has 5 heteroatoms. The summed E-state index contributed by atoms with van der Waals surface area (Å²) in [4.78, 5) is 8.59. The number of hydrogen-bond acceptors (Lipinski definition) is 5. The van der Waals surface area contributed by atoms with Gasteiger partial charge < -0.3 is 9.84 Å². The second-order valence-electron chi connectivity index (χ2n) is 4.63. The predicted octanol–water partition coefficient (Wildman–Crippen LogP) is 2.23. The van der Waals surface area contributed by atoms with Gasteiger partial charge in [-0.25, -0.2) is 0 Å². The topological polar surface area (TPSA) is 63.8 Å². The van der Waals surface area contributed by atoms with Crippen LogP contribution < -0.4 is 5.32 Å². The molecule has 0 spiro atoms. The van der Waals surface area contributed by atoms with Crippen LogP contribution in [-0.2, 0) is 12.8 Å². The fourth-order valence-corrected chi connectivity index (χ4v) is 1.88. The van der Waals surface area contributed by atoms with E-state index in [0.29, 0.717) is 17.8 Å². The Labute approximate surface area is 113 Å². The largest absolute Gasteiger partial charge is 0.339 e. The van der Waals surface area contributed by atoms with E-state index in [9.17, 15) is 0 Å². The Bertz CT molecular complexity index is 524. The number of nitrogens with zero attached hydrogens (tertiary/aromatic N) is 3. The van der Waals surface area contributed by atoms with E-state index in [0.717, 1.165) is 30.4 Å². The molecule has 0 aromatic carbocycles. The summed E-state index contributed by atoms with van der Waals surface area (Å²) < 4.78 is 5.30. The lowest BCUT2D eigenvalue weighted by Gasteiger charge is -2.06. The molecule has 1 unspecified atom stereocenters. The Kier molecular flexibility index (Phi) is 4.63. The fraction of sp³-hybridized carbons (Fsp3) is 0.500. The molecule has 0 radical (unpaired) electrons. The van der Waals surface area contributed by atoms with Crippen molar-refractivity contribution in [2.24, 2.45) is 0 Å². The minimum Gasteiger partial charge on any atom is -0.339 e. The molecule has 0 aliphatic carbocycles. The van der Waals surface area contributed by atoms with Crippen LogP contribution in [0.15, 0.2) is 23.0 Å². The minimum absolute atomic E-state index is 0.447. The molecule has 0 saturated heterocycles. The lowest BCUT2D eigenvalue weighted by atomic mass is 10.1. The van der Waals surface area contributed by atoms with Crippen LogP contribution in [0, 0.1) is 0 Å². The molecule has 0 aliphatic heterocycles. The molecule has 0 amide bonds. The van der Waals surface area contributed by atoms with E-state index in [2.05, 4.69) is 34.3 Å². The Hall–Kier alpha value is -1.75. The Balaban J connectivity index is 2.12. The Morgan fingerprint density at radius 2 is 2.26 bits per heavy atom. The zero-order valence-electron chi connectivity index (χ0n) is 11.7. The number of rotatable bonds is 6. The molecule has 2 rings (SSSR count). The summed E-state index contributed by atoms with van der Waals surface area (Å²) in [6, 6.07) is 2.38. The predicted molar refractivity (Wildman–Crippen MR) is 73.7 cm³/mol. The van der Waals surface area contributed by atoms with Gasteiger partial charge in [0.05, 0.1) is 0 Å². The van der Waals surface area contributed by atoms with Crippen LogP contribution in [0.25, 0.3) is 11.4 Å². The number of aryl methyl sites for hydroxylation is 2. The average Bonchev–Trinajstić information content (AvgIpc) is 2.93. The van der Waals surface area contributed by atoms with Crippen molar-refractivity contribution in [3.63, 3.8) is 0 Å². The summed E-state index contributed by atoms with van der Waals surface area (Å²) in [5.74, 6) is 1.35. The van der Waals surface area contributed by atoms with E-state index in [1.807, 2.05) is 19.3 Å². The van der Waals surface area contributed by atoms with Crippen molar-refractivity contribution in [1.82, 2.24) is 20.4 Å². The van der Waals surface area contributed by atoms with Crippen molar-refractivity contribution in [2.45, 2.75) is 39.2 Å². The van der Waals surface area contributed by atoms with E-state index >= 15 is 0 Å².